The third-order valence-corrected chi connectivity index (χ3v) is 5.26. The topological polar surface area (TPSA) is 69.6 Å². The number of hydrogen-bond acceptors (Lipinski definition) is 4. The van der Waals surface area contributed by atoms with Crippen LogP contribution in [0.1, 0.15) is 0 Å². The molecule has 122 valence electrons. The zero-order valence-corrected chi connectivity index (χ0v) is 14.8. The molecule has 6 nitrogen and oxygen atoms in total. The molecule has 2 heterocycles. The number of likely N-dealkylation sites (N-methyl/N-ethyl adjacent to an activating group) is 1. The Bertz CT molecular complexity index is 816. The molecular weight excluding hydrogens is 414 g/mol. The van der Waals surface area contributed by atoms with E-state index < -0.39 is 11.9 Å². The van der Waals surface area contributed by atoms with E-state index in [1.807, 2.05) is 0 Å². The maximum atomic E-state index is 14.4. The van der Waals surface area contributed by atoms with Crippen LogP contribution < -0.4 is 4.90 Å². The molecule has 1 amide bonds. The van der Waals surface area contributed by atoms with Gasteiger partial charge in [0.1, 0.15) is 11.3 Å². The molecule has 0 radical (unpaired) electrons. The van der Waals surface area contributed by atoms with E-state index in [0.717, 1.165) is 0 Å². The van der Waals surface area contributed by atoms with E-state index >= 15 is 0 Å². The summed E-state index contributed by atoms with van der Waals surface area (Å²) in [6.45, 7) is 0.670. The van der Waals surface area contributed by atoms with Gasteiger partial charge in [0.15, 0.2) is 5.82 Å². The van der Waals surface area contributed by atoms with Crippen LogP contribution in [0.2, 0.25) is 10.3 Å². The fraction of sp³-hybridized carbons (Fsp3) is 0.308. The number of benzene rings is 1. The van der Waals surface area contributed by atoms with Gasteiger partial charge in [-0.2, -0.15) is 4.98 Å². The van der Waals surface area contributed by atoms with Crippen LogP contribution >= 0.6 is 39.1 Å². The zero-order valence-electron chi connectivity index (χ0n) is 11.7. The molecule has 3 rings (SSSR count). The van der Waals surface area contributed by atoms with Gasteiger partial charge in [0, 0.05) is 25.5 Å². The van der Waals surface area contributed by atoms with E-state index in [4.69, 9.17) is 28.3 Å². The molecule has 1 aliphatic rings. The van der Waals surface area contributed by atoms with Gasteiger partial charge in [-0.25, -0.2) is 14.2 Å². The Labute approximate surface area is 148 Å². The lowest BCUT2D eigenvalue weighted by Gasteiger charge is -2.43. The highest BCUT2D eigenvalue weighted by Gasteiger charge is 2.34. The minimum absolute atomic E-state index is 0.0533. The fourth-order valence-electron chi connectivity index (χ4n) is 2.43. The lowest BCUT2D eigenvalue weighted by atomic mass is 10.1. The summed E-state index contributed by atoms with van der Waals surface area (Å²) in [5.74, 6) is -0.212. The van der Waals surface area contributed by atoms with Crippen molar-refractivity contribution in [1.29, 1.82) is 0 Å². The molecule has 1 aliphatic heterocycles. The van der Waals surface area contributed by atoms with Crippen LogP contribution in [-0.4, -0.2) is 52.2 Å². The molecule has 0 unspecified atom stereocenters. The average Bonchev–Trinajstić information content (AvgIpc) is 2.43. The van der Waals surface area contributed by atoms with Crippen molar-refractivity contribution in [3.05, 3.63) is 26.7 Å². The zero-order chi connectivity index (χ0) is 16.9. The summed E-state index contributed by atoms with van der Waals surface area (Å²) in [6, 6.07) is 1.48. The molecular formula is C13H10BrCl2FN4O2. The molecule has 10 heteroatoms. The number of amides is 1. The van der Waals surface area contributed by atoms with Gasteiger partial charge in [-0.15, -0.1) is 0 Å². The summed E-state index contributed by atoms with van der Waals surface area (Å²) in [6.07, 6.45) is -0.974. The predicted molar refractivity (Wildman–Crippen MR) is 89.0 cm³/mol. The minimum atomic E-state index is -0.974. The number of likely N-dealkylation sites (tertiary alicyclic amines) is 1. The molecule has 0 aliphatic carbocycles. The van der Waals surface area contributed by atoms with Gasteiger partial charge >= 0.3 is 6.09 Å². The Kier molecular flexibility index (Phi) is 4.24. The second-order valence-corrected chi connectivity index (χ2v) is 6.69. The van der Waals surface area contributed by atoms with Crippen LogP contribution in [0.3, 0.4) is 0 Å². The standard InChI is InChI=1S/C13H10BrCl2FN4O2/c1-20(5-3-21(4-5)13(22)23)11-6-2-7(15)8(14)9(17)10(6)18-12(16)19-11/h2,5H,3-4H2,1H3,(H,22,23). The second kappa shape index (κ2) is 5.92. The normalized spacial score (nSPS) is 14.9. The number of halogens is 4. The van der Waals surface area contributed by atoms with Crippen LogP contribution in [0, 0.1) is 5.82 Å². The molecule has 1 aromatic heterocycles. The van der Waals surface area contributed by atoms with E-state index in [2.05, 4.69) is 25.9 Å². The molecule has 1 fully saturated rings. The number of aromatic nitrogens is 2. The first-order valence-electron chi connectivity index (χ1n) is 6.51. The number of rotatable bonds is 2. The summed E-state index contributed by atoms with van der Waals surface area (Å²) >= 11 is 15.0. The lowest BCUT2D eigenvalue weighted by molar-refractivity contribution is 0.105. The summed E-state index contributed by atoms with van der Waals surface area (Å²) in [5.41, 5.74) is 0.0533. The van der Waals surface area contributed by atoms with Crippen LogP contribution in [-0.2, 0) is 0 Å². The van der Waals surface area contributed by atoms with E-state index in [9.17, 15) is 9.18 Å². The number of carboxylic acid groups (broad SMARTS) is 1. The third-order valence-electron chi connectivity index (χ3n) is 3.79. The maximum Gasteiger partial charge on any atom is 0.407 e. The monoisotopic (exact) mass is 422 g/mol. The summed E-state index contributed by atoms with van der Waals surface area (Å²) < 4.78 is 14.5. The number of carbonyl (C=O) groups is 1. The van der Waals surface area contributed by atoms with Gasteiger partial charge in [0.2, 0.25) is 5.28 Å². The van der Waals surface area contributed by atoms with Crippen LogP contribution in [0.25, 0.3) is 10.9 Å². The molecule has 0 atom stereocenters. The molecule has 0 saturated carbocycles. The van der Waals surface area contributed by atoms with E-state index in [0.29, 0.717) is 24.3 Å². The van der Waals surface area contributed by atoms with Gasteiger partial charge < -0.3 is 14.9 Å². The number of fused-ring (bicyclic) bond motifs is 1. The van der Waals surface area contributed by atoms with Crippen molar-refractivity contribution in [3.63, 3.8) is 0 Å². The van der Waals surface area contributed by atoms with Crippen LogP contribution in [0.15, 0.2) is 10.5 Å². The van der Waals surface area contributed by atoms with Crippen molar-refractivity contribution in [2.24, 2.45) is 0 Å². The predicted octanol–water partition coefficient (Wildman–Crippen LogP) is 3.64. The summed E-state index contributed by atoms with van der Waals surface area (Å²) in [5, 5.41) is 9.42. The Morgan fingerprint density at radius 1 is 1.48 bits per heavy atom. The quantitative estimate of drug-likeness (QED) is 0.589. The maximum absolute atomic E-state index is 14.4. The number of hydrogen-bond donors (Lipinski definition) is 1. The van der Waals surface area contributed by atoms with Crippen LogP contribution in [0.5, 0.6) is 0 Å². The van der Waals surface area contributed by atoms with E-state index in [1.54, 1.807) is 18.0 Å². The first kappa shape index (κ1) is 16.5. The smallest absolute Gasteiger partial charge is 0.407 e. The van der Waals surface area contributed by atoms with Crippen molar-refractivity contribution >= 4 is 61.9 Å². The van der Waals surface area contributed by atoms with E-state index in [-0.39, 0.29) is 26.3 Å². The van der Waals surface area contributed by atoms with Gasteiger partial charge in [-0.1, -0.05) is 11.6 Å². The molecule has 0 spiro atoms. The first-order chi connectivity index (χ1) is 10.8. The summed E-state index contributed by atoms with van der Waals surface area (Å²) in [7, 11) is 1.75. The van der Waals surface area contributed by atoms with Crippen molar-refractivity contribution in [2.45, 2.75) is 6.04 Å². The fourth-order valence-corrected chi connectivity index (χ4v) is 3.09. The lowest BCUT2D eigenvalue weighted by Crippen LogP contribution is -2.60. The highest BCUT2D eigenvalue weighted by atomic mass is 79.9. The van der Waals surface area contributed by atoms with Crippen molar-refractivity contribution in [1.82, 2.24) is 14.9 Å². The second-order valence-electron chi connectivity index (χ2n) is 5.15. The molecule has 2 aromatic rings. The average molecular weight is 424 g/mol. The molecule has 1 N–H and O–H groups in total. The first-order valence-corrected chi connectivity index (χ1v) is 8.06. The number of nitrogens with zero attached hydrogens (tertiary/aromatic N) is 4. The Morgan fingerprint density at radius 2 is 2.13 bits per heavy atom. The van der Waals surface area contributed by atoms with Crippen molar-refractivity contribution < 1.29 is 14.3 Å². The number of anilines is 1. The van der Waals surface area contributed by atoms with Gasteiger partial charge in [-0.05, 0) is 33.6 Å². The van der Waals surface area contributed by atoms with Gasteiger partial charge in [-0.3, -0.25) is 0 Å². The highest BCUT2D eigenvalue weighted by molar-refractivity contribution is 9.10. The molecule has 1 aromatic carbocycles. The van der Waals surface area contributed by atoms with Crippen molar-refractivity contribution in [2.75, 3.05) is 25.0 Å². The van der Waals surface area contributed by atoms with Crippen LogP contribution in [0.4, 0.5) is 15.0 Å². The van der Waals surface area contributed by atoms with E-state index in [1.165, 1.54) is 4.90 Å². The molecule has 23 heavy (non-hydrogen) atoms. The minimum Gasteiger partial charge on any atom is -0.465 e. The SMILES string of the molecule is CN(c1nc(Cl)nc2c(F)c(Br)c(Cl)cc12)C1CN(C(=O)O)C1. The Balaban J connectivity index is 2.05. The Morgan fingerprint density at radius 3 is 2.74 bits per heavy atom. The van der Waals surface area contributed by atoms with Gasteiger partial charge in [0.05, 0.1) is 15.5 Å². The third kappa shape index (κ3) is 2.79. The summed E-state index contributed by atoms with van der Waals surface area (Å²) in [4.78, 5) is 22.0. The molecule has 1 saturated heterocycles. The van der Waals surface area contributed by atoms with Crippen molar-refractivity contribution in [3.8, 4) is 0 Å². The highest BCUT2D eigenvalue weighted by Crippen LogP contribution is 2.36. The molecule has 0 bridgehead atoms. The Hall–Kier alpha value is -1.38. The van der Waals surface area contributed by atoms with Gasteiger partial charge in [0.25, 0.3) is 0 Å². The largest absolute Gasteiger partial charge is 0.465 e.